The summed E-state index contributed by atoms with van der Waals surface area (Å²) < 4.78 is 19.2. The van der Waals surface area contributed by atoms with Crippen LogP contribution in [0.1, 0.15) is 30.5 Å². The summed E-state index contributed by atoms with van der Waals surface area (Å²) in [5.41, 5.74) is 3.28. The highest BCUT2D eigenvalue weighted by Gasteiger charge is 2.05. The van der Waals surface area contributed by atoms with Gasteiger partial charge >= 0.3 is 0 Å². The Bertz CT molecular complexity index is 566. The Morgan fingerprint density at radius 3 is 2.38 bits per heavy atom. The molecule has 3 heteroatoms. The molecule has 0 heterocycles. The van der Waals surface area contributed by atoms with Crippen LogP contribution in [0.4, 0.5) is 4.39 Å². The predicted octanol–water partition coefficient (Wildman–Crippen LogP) is 4.08. The number of ether oxygens (including phenoxy) is 1. The number of aryl methyl sites for hydroxylation is 1. The van der Waals surface area contributed by atoms with Crippen LogP contribution in [0.3, 0.4) is 0 Å². The van der Waals surface area contributed by atoms with Gasteiger partial charge in [-0.05, 0) is 42.3 Å². The molecular formula is C18H22FNO. The Hall–Kier alpha value is -1.87. The van der Waals surface area contributed by atoms with E-state index in [-0.39, 0.29) is 5.82 Å². The van der Waals surface area contributed by atoms with Crippen molar-refractivity contribution in [1.29, 1.82) is 0 Å². The molecule has 0 aliphatic carbocycles. The van der Waals surface area contributed by atoms with Crippen LogP contribution in [0.25, 0.3) is 0 Å². The lowest BCUT2D eigenvalue weighted by Gasteiger charge is -2.12. The molecule has 0 aliphatic rings. The number of hydrogen-bond acceptors (Lipinski definition) is 2. The highest BCUT2D eigenvalue weighted by molar-refractivity contribution is 5.34. The van der Waals surface area contributed by atoms with E-state index >= 15 is 0 Å². The minimum absolute atomic E-state index is 0.234. The molecule has 0 saturated heterocycles. The molecular weight excluding hydrogens is 265 g/mol. The highest BCUT2D eigenvalue weighted by atomic mass is 19.1. The Labute approximate surface area is 126 Å². The minimum atomic E-state index is -0.234. The van der Waals surface area contributed by atoms with E-state index < -0.39 is 0 Å². The molecule has 21 heavy (non-hydrogen) atoms. The van der Waals surface area contributed by atoms with E-state index in [0.29, 0.717) is 13.2 Å². The molecule has 0 atom stereocenters. The third-order valence-corrected chi connectivity index (χ3v) is 3.41. The minimum Gasteiger partial charge on any atom is -0.489 e. The maximum Gasteiger partial charge on any atom is 0.124 e. The van der Waals surface area contributed by atoms with Crippen LogP contribution in [0.2, 0.25) is 0 Å². The molecule has 2 aromatic carbocycles. The molecule has 0 amide bonds. The largest absolute Gasteiger partial charge is 0.489 e. The molecule has 0 spiro atoms. The van der Waals surface area contributed by atoms with Gasteiger partial charge in [-0.1, -0.05) is 38.1 Å². The summed E-state index contributed by atoms with van der Waals surface area (Å²) in [4.78, 5) is 0. The topological polar surface area (TPSA) is 21.3 Å². The van der Waals surface area contributed by atoms with Crippen LogP contribution in [-0.4, -0.2) is 6.54 Å². The average molecular weight is 287 g/mol. The quantitative estimate of drug-likeness (QED) is 0.828. The molecule has 2 nitrogen and oxygen atoms in total. The van der Waals surface area contributed by atoms with E-state index in [4.69, 9.17) is 4.74 Å². The van der Waals surface area contributed by atoms with Gasteiger partial charge in [-0.15, -0.1) is 0 Å². The number of rotatable bonds is 7. The van der Waals surface area contributed by atoms with E-state index in [1.807, 2.05) is 6.92 Å². The summed E-state index contributed by atoms with van der Waals surface area (Å²) >= 11 is 0. The third kappa shape index (κ3) is 4.57. The molecule has 0 radical (unpaired) electrons. The molecule has 2 aromatic rings. The molecule has 1 N–H and O–H groups in total. The summed E-state index contributed by atoms with van der Waals surface area (Å²) in [6, 6.07) is 13.0. The zero-order valence-electron chi connectivity index (χ0n) is 12.7. The molecule has 0 aliphatic heterocycles. The maximum atomic E-state index is 13.3. The second-order valence-electron chi connectivity index (χ2n) is 4.99. The van der Waals surface area contributed by atoms with Crippen molar-refractivity contribution in [3.05, 3.63) is 65.0 Å². The fraction of sp³-hybridized carbons (Fsp3) is 0.333. The van der Waals surface area contributed by atoms with Gasteiger partial charge in [0.2, 0.25) is 0 Å². The zero-order valence-corrected chi connectivity index (χ0v) is 12.7. The Kier molecular flexibility index (Phi) is 5.76. The summed E-state index contributed by atoms with van der Waals surface area (Å²) in [6.07, 6.45) is 1.03. The zero-order chi connectivity index (χ0) is 15.1. The summed E-state index contributed by atoms with van der Waals surface area (Å²) in [5.74, 6) is 0.500. The van der Waals surface area contributed by atoms with E-state index in [2.05, 4.69) is 36.5 Å². The van der Waals surface area contributed by atoms with Crippen molar-refractivity contribution in [1.82, 2.24) is 5.32 Å². The van der Waals surface area contributed by atoms with Crippen LogP contribution in [0, 0.1) is 5.82 Å². The molecule has 0 saturated carbocycles. The fourth-order valence-electron chi connectivity index (χ4n) is 2.12. The number of hydrogen-bond donors (Lipinski definition) is 1. The molecule has 112 valence electrons. The first-order valence-electron chi connectivity index (χ1n) is 7.42. The second kappa shape index (κ2) is 7.79. The Balaban J connectivity index is 2.04. The van der Waals surface area contributed by atoms with E-state index in [9.17, 15) is 4.39 Å². The molecule has 2 rings (SSSR count). The van der Waals surface area contributed by atoms with Gasteiger partial charge < -0.3 is 10.1 Å². The van der Waals surface area contributed by atoms with Crippen LogP contribution in [0.5, 0.6) is 5.75 Å². The first-order valence-corrected chi connectivity index (χ1v) is 7.42. The first-order chi connectivity index (χ1) is 10.2. The standard InChI is InChI=1S/C18H22FNO/c1-3-14-5-7-15(8-6-14)13-21-18-10-9-17(19)11-16(18)12-20-4-2/h5-11,20H,3-4,12-13H2,1-2H3. The van der Waals surface area contributed by atoms with Crippen LogP contribution < -0.4 is 10.1 Å². The van der Waals surface area contributed by atoms with E-state index in [1.165, 1.54) is 17.7 Å². The number of halogens is 1. The van der Waals surface area contributed by atoms with Gasteiger partial charge in [0.25, 0.3) is 0 Å². The van der Waals surface area contributed by atoms with Crippen molar-refractivity contribution >= 4 is 0 Å². The van der Waals surface area contributed by atoms with Crippen molar-refractivity contribution < 1.29 is 9.13 Å². The molecule has 0 fully saturated rings. The smallest absolute Gasteiger partial charge is 0.124 e. The van der Waals surface area contributed by atoms with Gasteiger partial charge in [0, 0.05) is 12.1 Å². The van der Waals surface area contributed by atoms with Crippen molar-refractivity contribution in [2.24, 2.45) is 0 Å². The van der Waals surface area contributed by atoms with Crippen molar-refractivity contribution in [2.45, 2.75) is 33.4 Å². The Morgan fingerprint density at radius 2 is 1.71 bits per heavy atom. The van der Waals surface area contributed by atoms with Crippen molar-refractivity contribution in [3.63, 3.8) is 0 Å². The van der Waals surface area contributed by atoms with Gasteiger partial charge in [-0.3, -0.25) is 0 Å². The van der Waals surface area contributed by atoms with E-state index in [1.54, 1.807) is 6.07 Å². The molecule has 0 bridgehead atoms. The van der Waals surface area contributed by atoms with Crippen LogP contribution in [-0.2, 0) is 19.6 Å². The number of nitrogens with one attached hydrogen (secondary N) is 1. The molecule has 0 aromatic heterocycles. The van der Waals surface area contributed by atoms with Gasteiger partial charge in [0.1, 0.15) is 18.2 Å². The van der Waals surface area contributed by atoms with Crippen LogP contribution >= 0.6 is 0 Å². The average Bonchev–Trinajstić information content (AvgIpc) is 2.52. The summed E-state index contributed by atoms with van der Waals surface area (Å²) in [7, 11) is 0. The molecule has 0 unspecified atom stereocenters. The third-order valence-electron chi connectivity index (χ3n) is 3.41. The van der Waals surface area contributed by atoms with Crippen molar-refractivity contribution in [3.8, 4) is 5.75 Å². The SMILES string of the molecule is CCNCc1cc(F)ccc1OCc1ccc(CC)cc1. The lowest BCUT2D eigenvalue weighted by molar-refractivity contribution is 0.301. The fourth-order valence-corrected chi connectivity index (χ4v) is 2.12. The predicted molar refractivity (Wildman–Crippen MR) is 83.9 cm³/mol. The monoisotopic (exact) mass is 287 g/mol. The normalized spacial score (nSPS) is 10.6. The van der Waals surface area contributed by atoms with Gasteiger partial charge in [0.05, 0.1) is 0 Å². The first kappa shape index (κ1) is 15.5. The van der Waals surface area contributed by atoms with Crippen molar-refractivity contribution in [2.75, 3.05) is 6.54 Å². The van der Waals surface area contributed by atoms with Gasteiger partial charge in [0.15, 0.2) is 0 Å². The van der Waals surface area contributed by atoms with Crippen LogP contribution in [0.15, 0.2) is 42.5 Å². The number of benzene rings is 2. The second-order valence-corrected chi connectivity index (χ2v) is 4.99. The lowest BCUT2D eigenvalue weighted by Crippen LogP contribution is -2.13. The Morgan fingerprint density at radius 1 is 1.00 bits per heavy atom. The van der Waals surface area contributed by atoms with E-state index in [0.717, 1.165) is 29.8 Å². The van der Waals surface area contributed by atoms with Gasteiger partial charge in [-0.25, -0.2) is 4.39 Å². The summed E-state index contributed by atoms with van der Waals surface area (Å²) in [6.45, 7) is 6.10. The highest BCUT2D eigenvalue weighted by Crippen LogP contribution is 2.21. The maximum absolute atomic E-state index is 13.3. The summed E-state index contributed by atoms with van der Waals surface area (Å²) in [5, 5.41) is 3.20. The lowest BCUT2D eigenvalue weighted by atomic mass is 10.1. The van der Waals surface area contributed by atoms with Gasteiger partial charge in [-0.2, -0.15) is 0 Å².